The first kappa shape index (κ1) is 10.4. The molecule has 0 bridgehead atoms. The SMILES string of the molecule is Cc1ccncc1Cn1ncc(I)c1N. The molecule has 0 fully saturated rings. The van der Waals surface area contributed by atoms with Gasteiger partial charge in [-0.3, -0.25) is 4.98 Å². The van der Waals surface area contributed by atoms with Crippen molar-refractivity contribution in [3.05, 3.63) is 39.4 Å². The topological polar surface area (TPSA) is 56.7 Å². The normalized spacial score (nSPS) is 10.5. The van der Waals surface area contributed by atoms with Crippen LogP contribution in [-0.2, 0) is 6.54 Å². The number of pyridine rings is 1. The van der Waals surface area contributed by atoms with Crippen LogP contribution < -0.4 is 5.73 Å². The van der Waals surface area contributed by atoms with E-state index in [1.54, 1.807) is 17.1 Å². The van der Waals surface area contributed by atoms with Crippen molar-refractivity contribution in [2.75, 3.05) is 5.73 Å². The number of hydrogen-bond acceptors (Lipinski definition) is 3. The molecule has 0 saturated carbocycles. The summed E-state index contributed by atoms with van der Waals surface area (Å²) in [7, 11) is 0. The predicted octanol–water partition coefficient (Wildman–Crippen LogP) is 1.82. The monoisotopic (exact) mass is 314 g/mol. The third-order valence-corrected chi connectivity index (χ3v) is 3.13. The molecular weight excluding hydrogens is 303 g/mol. The maximum atomic E-state index is 5.87. The minimum absolute atomic E-state index is 0.675. The Hall–Kier alpha value is -1.11. The van der Waals surface area contributed by atoms with Gasteiger partial charge in [0, 0.05) is 12.4 Å². The summed E-state index contributed by atoms with van der Waals surface area (Å²) in [5.74, 6) is 0.707. The van der Waals surface area contributed by atoms with E-state index in [0.29, 0.717) is 12.4 Å². The second kappa shape index (κ2) is 4.18. The molecule has 15 heavy (non-hydrogen) atoms. The molecule has 2 heterocycles. The largest absolute Gasteiger partial charge is 0.383 e. The van der Waals surface area contributed by atoms with Crippen molar-refractivity contribution >= 4 is 28.4 Å². The number of aryl methyl sites for hydroxylation is 1. The summed E-state index contributed by atoms with van der Waals surface area (Å²) in [4.78, 5) is 4.09. The molecule has 0 atom stereocenters. The molecule has 0 spiro atoms. The van der Waals surface area contributed by atoms with Gasteiger partial charge in [-0.05, 0) is 46.7 Å². The van der Waals surface area contributed by atoms with Gasteiger partial charge in [-0.15, -0.1) is 0 Å². The summed E-state index contributed by atoms with van der Waals surface area (Å²) in [6.45, 7) is 2.73. The summed E-state index contributed by atoms with van der Waals surface area (Å²) < 4.78 is 2.76. The predicted molar refractivity (Wildman–Crippen MR) is 67.4 cm³/mol. The lowest BCUT2D eigenvalue weighted by Crippen LogP contribution is -2.07. The number of rotatable bonds is 2. The highest BCUT2D eigenvalue weighted by Gasteiger charge is 2.06. The van der Waals surface area contributed by atoms with Gasteiger partial charge in [-0.2, -0.15) is 5.10 Å². The minimum atomic E-state index is 0.675. The van der Waals surface area contributed by atoms with Crippen molar-refractivity contribution in [2.45, 2.75) is 13.5 Å². The third-order valence-electron chi connectivity index (χ3n) is 2.30. The van der Waals surface area contributed by atoms with Crippen LogP contribution in [0.4, 0.5) is 5.82 Å². The van der Waals surface area contributed by atoms with E-state index >= 15 is 0 Å². The Balaban J connectivity index is 2.30. The van der Waals surface area contributed by atoms with Crippen molar-refractivity contribution in [1.82, 2.24) is 14.8 Å². The molecule has 2 rings (SSSR count). The highest BCUT2D eigenvalue weighted by atomic mass is 127. The molecule has 0 aliphatic heterocycles. The van der Waals surface area contributed by atoms with Crippen LogP contribution in [0, 0.1) is 10.5 Å². The van der Waals surface area contributed by atoms with Gasteiger partial charge < -0.3 is 5.73 Å². The van der Waals surface area contributed by atoms with E-state index in [0.717, 1.165) is 9.13 Å². The minimum Gasteiger partial charge on any atom is -0.383 e. The van der Waals surface area contributed by atoms with E-state index in [-0.39, 0.29) is 0 Å². The Labute approximate surface area is 102 Å². The summed E-state index contributed by atoms with van der Waals surface area (Å²) >= 11 is 2.17. The van der Waals surface area contributed by atoms with Crippen LogP contribution in [0.15, 0.2) is 24.7 Å². The van der Waals surface area contributed by atoms with Gasteiger partial charge in [-0.1, -0.05) is 0 Å². The maximum absolute atomic E-state index is 5.87. The maximum Gasteiger partial charge on any atom is 0.135 e. The molecule has 2 aromatic rings. The molecule has 78 valence electrons. The standard InChI is InChI=1S/C10H11IN4/c1-7-2-3-13-4-8(7)6-15-10(12)9(11)5-14-15/h2-5H,6,12H2,1H3. The fourth-order valence-electron chi connectivity index (χ4n) is 1.32. The Morgan fingerprint density at radius 3 is 2.87 bits per heavy atom. The zero-order chi connectivity index (χ0) is 10.8. The van der Waals surface area contributed by atoms with Crippen LogP contribution >= 0.6 is 22.6 Å². The second-order valence-corrected chi connectivity index (χ2v) is 4.50. The Morgan fingerprint density at radius 1 is 1.47 bits per heavy atom. The van der Waals surface area contributed by atoms with Gasteiger partial charge in [0.15, 0.2) is 0 Å². The van der Waals surface area contributed by atoms with Crippen LogP contribution in [0.1, 0.15) is 11.1 Å². The number of halogens is 1. The molecular formula is C10H11IN4. The number of anilines is 1. The lowest BCUT2D eigenvalue weighted by atomic mass is 10.2. The molecule has 0 amide bonds. The van der Waals surface area contributed by atoms with Gasteiger partial charge in [0.05, 0.1) is 16.3 Å². The molecule has 0 aliphatic rings. The molecule has 0 radical (unpaired) electrons. The van der Waals surface area contributed by atoms with Crippen LogP contribution in [0.25, 0.3) is 0 Å². The molecule has 0 saturated heterocycles. The first-order valence-corrected chi connectivity index (χ1v) is 5.62. The number of hydrogen-bond donors (Lipinski definition) is 1. The Bertz CT molecular complexity index is 478. The molecule has 0 aliphatic carbocycles. The number of nitrogen functional groups attached to an aromatic ring is 1. The van der Waals surface area contributed by atoms with E-state index in [4.69, 9.17) is 5.73 Å². The first-order chi connectivity index (χ1) is 7.18. The van der Waals surface area contributed by atoms with Crippen LogP contribution in [0.5, 0.6) is 0 Å². The van der Waals surface area contributed by atoms with Crippen molar-refractivity contribution in [3.8, 4) is 0 Å². The lowest BCUT2D eigenvalue weighted by molar-refractivity contribution is 0.692. The second-order valence-electron chi connectivity index (χ2n) is 3.34. The number of nitrogens with zero attached hydrogens (tertiary/aromatic N) is 3. The molecule has 0 unspecified atom stereocenters. The van der Waals surface area contributed by atoms with Gasteiger partial charge >= 0.3 is 0 Å². The molecule has 0 aromatic carbocycles. The van der Waals surface area contributed by atoms with E-state index in [1.165, 1.54) is 5.56 Å². The van der Waals surface area contributed by atoms with Gasteiger partial charge in [0.25, 0.3) is 0 Å². The van der Waals surface area contributed by atoms with Crippen LogP contribution in [0.3, 0.4) is 0 Å². The summed E-state index contributed by atoms with van der Waals surface area (Å²) in [5, 5.41) is 4.21. The molecule has 2 aromatic heterocycles. The zero-order valence-electron chi connectivity index (χ0n) is 8.31. The van der Waals surface area contributed by atoms with Gasteiger partial charge in [-0.25, -0.2) is 4.68 Å². The van der Waals surface area contributed by atoms with Gasteiger partial charge in [0.1, 0.15) is 5.82 Å². The van der Waals surface area contributed by atoms with E-state index < -0.39 is 0 Å². The lowest BCUT2D eigenvalue weighted by Gasteiger charge is -2.06. The van der Waals surface area contributed by atoms with Crippen molar-refractivity contribution < 1.29 is 0 Å². The zero-order valence-corrected chi connectivity index (χ0v) is 10.5. The highest BCUT2D eigenvalue weighted by molar-refractivity contribution is 14.1. The Kier molecular flexibility index (Phi) is 2.90. The third kappa shape index (κ3) is 2.11. The van der Waals surface area contributed by atoms with Crippen LogP contribution in [0.2, 0.25) is 0 Å². The molecule has 5 heteroatoms. The van der Waals surface area contributed by atoms with E-state index in [1.807, 2.05) is 12.3 Å². The summed E-state index contributed by atoms with van der Waals surface area (Å²) in [6, 6.07) is 1.99. The number of aromatic nitrogens is 3. The fraction of sp³-hybridized carbons (Fsp3) is 0.200. The quantitative estimate of drug-likeness (QED) is 0.860. The average Bonchev–Trinajstić information content (AvgIpc) is 2.53. The molecule has 4 nitrogen and oxygen atoms in total. The Morgan fingerprint density at radius 2 is 2.27 bits per heavy atom. The van der Waals surface area contributed by atoms with Crippen LogP contribution in [-0.4, -0.2) is 14.8 Å². The van der Waals surface area contributed by atoms with Gasteiger partial charge in [0.2, 0.25) is 0 Å². The summed E-state index contributed by atoms with van der Waals surface area (Å²) in [5.41, 5.74) is 8.22. The number of nitrogens with two attached hydrogens (primary N) is 1. The molecule has 2 N–H and O–H groups in total. The summed E-state index contributed by atoms with van der Waals surface area (Å²) in [6.07, 6.45) is 5.40. The fourth-order valence-corrected chi connectivity index (χ4v) is 1.72. The average molecular weight is 314 g/mol. The van der Waals surface area contributed by atoms with Crippen molar-refractivity contribution in [1.29, 1.82) is 0 Å². The van der Waals surface area contributed by atoms with E-state index in [9.17, 15) is 0 Å². The highest BCUT2D eigenvalue weighted by Crippen LogP contribution is 2.15. The van der Waals surface area contributed by atoms with Crippen molar-refractivity contribution in [2.24, 2.45) is 0 Å². The first-order valence-electron chi connectivity index (χ1n) is 4.55. The van der Waals surface area contributed by atoms with E-state index in [2.05, 4.69) is 39.6 Å². The van der Waals surface area contributed by atoms with Crippen molar-refractivity contribution in [3.63, 3.8) is 0 Å². The smallest absolute Gasteiger partial charge is 0.135 e.